The van der Waals surface area contributed by atoms with Crippen molar-refractivity contribution in [3.8, 4) is 5.75 Å². The standard InChI is InChI=1S/C29H29F4N5O2/c1-4-5-8-23(24(39)15-40-28-26(32)20(30)12-21(31)27(28)33)38-14-25(36-37-38)29(3)16(2)19-11-22-17(7-6-9-34-22)10-18(19)13-35-29/h6-7,9-12,14,16,23,35H,4-5,8,13,15H2,1-3H3/t16?,23-,29-/m0/s1. The van der Waals surface area contributed by atoms with Crippen LogP contribution in [0, 0.1) is 23.3 Å². The van der Waals surface area contributed by atoms with E-state index in [4.69, 9.17) is 4.74 Å². The van der Waals surface area contributed by atoms with Crippen LogP contribution in [0.15, 0.2) is 42.7 Å². The van der Waals surface area contributed by atoms with Crippen LogP contribution in [-0.4, -0.2) is 32.4 Å². The molecule has 2 aromatic heterocycles. The molecule has 2 aromatic carbocycles. The van der Waals surface area contributed by atoms with E-state index < -0.39 is 53.0 Å². The van der Waals surface area contributed by atoms with E-state index in [-0.39, 0.29) is 12.0 Å². The Morgan fingerprint density at radius 1 is 1.20 bits per heavy atom. The number of ketones is 1. The number of carbonyl (C=O) groups excluding carboxylic acids is 1. The first-order chi connectivity index (χ1) is 19.1. The van der Waals surface area contributed by atoms with Crippen LogP contribution in [0.5, 0.6) is 5.75 Å². The molecule has 0 aliphatic carbocycles. The lowest BCUT2D eigenvalue weighted by Crippen LogP contribution is -2.47. The van der Waals surface area contributed by atoms with Gasteiger partial charge >= 0.3 is 0 Å². The van der Waals surface area contributed by atoms with Gasteiger partial charge in [-0.3, -0.25) is 9.78 Å². The van der Waals surface area contributed by atoms with E-state index in [1.165, 1.54) is 10.2 Å². The van der Waals surface area contributed by atoms with Gasteiger partial charge < -0.3 is 10.1 Å². The van der Waals surface area contributed by atoms with E-state index in [0.717, 1.165) is 22.9 Å². The second kappa shape index (κ2) is 11.0. The molecule has 3 atom stereocenters. The van der Waals surface area contributed by atoms with Crippen molar-refractivity contribution in [2.24, 2.45) is 0 Å². The van der Waals surface area contributed by atoms with Crippen LogP contribution in [-0.2, 0) is 16.9 Å². The van der Waals surface area contributed by atoms with Crippen LogP contribution in [0.2, 0.25) is 0 Å². The second-order valence-electron chi connectivity index (χ2n) is 10.3. The Balaban J connectivity index is 1.40. The average molecular weight is 556 g/mol. The number of halogens is 4. The summed E-state index contributed by atoms with van der Waals surface area (Å²) in [7, 11) is 0. The van der Waals surface area contributed by atoms with Crippen molar-refractivity contribution in [3.05, 3.63) is 82.8 Å². The summed E-state index contributed by atoms with van der Waals surface area (Å²) in [5.74, 6) is -8.48. The second-order valence-corrected chi connectivity index (χ2v) is 10.3. The van der Waals surface area contributed by atoms with Gasteiger partial charge in [0.2, 0.25) is 11.6 Å². The molecule has 0 spiro atoms. The number of benzene rings is 2. The molecule has 0 radical (unpaired) electrons. The lowest BCUT2D eigenvalue weighted by molar-refractivity contribution is -0.124. The third-order valence-corrected chi connectivity index (χ3v) is 7.84. The SMILES string of the molecule is CCCC[C@@H](C(=O)COc1c(F)c(F)cc(F)c1F)n1cc([C@@]2(C)NCc3cc4cccnc4cc3C2C)nn1. The lowest BCUT2D eigenvalue weighted by atomic mass is 9.75. The monoisotopic (exact) mass is 555 g/mol. The Kier molecular flexibility index (Phi) is 7.59. The van der Waals surface area contributed by atoms with Crippen LogP contribution >= 0.6 is 0 Å². The van der Waals surface area contributed by atoms with Gasteiger partial charge in [-0.05, 0) is 42.7 Å². The summed E-state index contributed by atoms with van der Waals surface area (Å²) >= 11 is 0. The van der Waals surface area contributed by atoms with E-state index in [2.05, 4.69) is 39.7 Å². The molecular weight excluding hydrogens is 526 g/mol. The quantitative estimate of drug-likeness (QED) is 0.205. The summed E-state index contributed by atoms with van der Waals surface area (Å²) in [6, 6.07) is 7.38. The Morgan fingerprint density at radius 2 is 1.95 bits per heavy atom. The molecule has 0 fully saturated rings. The van der Waals surface area contributed by atoms with Crippen molar-refractivity contribution < 1.29 is 27.1 Å². The fourth-order valence-corrected chi connectivity index (χ4v) is 5.22. The number of aromatic nitrogens is 4. The first kappa shape index (κ1) is 27.7. The molecule has 0 bridgehead atoms. The van der Waals surface area contributed by atoms with Crippen molar-refractivity contribution >= 4 is 16.7 Å². The van der Waals surface area contributed by atoms with Gasteiger partial charge in [0.15, 0.2) is 23.2 Å². The zero-order chi connectivity index (χ0) is 28.6. The molecule has 3 heterocycles. The third kappa shape index (κ3) is 4.94. The molecule has 5 rings (SSSR count). The van der Waals surface area contributed by atoms with Gasteiger partial charge in [0, 0.05) is 30.1 Å². The Labute approximate surface area is 228 Å². The third-order valence-electron chi connectivity index (χ3n) is 7.84. The first-order valence-electron chi connectivity index (χ1n) is 13.2. The average Bonchev–Trinajstić information content (AvgIpc) is 3.44. The fourth-order valence-electron chi connectivity index (χ4n) is 5.22. The molecule has 1 aliphatic rings. The van der Waals surface area contributed by atoms with Gasteiger partial charge in [0.25, 0.3) is 0 Å². The van der Waals surface area contributed by atoms with Crippen molar-refractivity contribution in [1.29, 1.82) is 0 Å². The number of pyridine rings is 1. The largest absolute Gasteiger partial charge is 0.479 e. The fraction of sp³-hybridized carbons (Fsp3) is 0.379. The van der Waals surface area contributed by atoms with Crippen molar-refractivity contribution in [2.45, 2.75) is 64.1 Å². The molecule has 11 heteroatoms. The van der Waals surface area contributed by atoms with Crippen molar-refractivity contribution in [3.63, 3.8) is 0 Å². The summed E-state index contributed by atoms with van der Waals surface area (Å²) in [4.78, 5) is 17.7. The Hall–Kier alpha value is -3.86. The maximum atomic E-state index is 14.0. The molecule has 0 saturated heterocycles. The summed E-state index contributed by atoms with van der Waals surface area (Å²) < 4.78 is 61.6. The number of rotatable bonds is 9. The van der Waals surface area contributed by atoms with E-state index in [1.807, 2.05) is 26.0 Å². The van der Waals surface area contributed by atoms with Gasteiger partial charge in [-0.15, -0.1) is 5.10 Å². The van der Waals surface area contributed by atoms with Gasteiger partial charge in [-0.25, -0.2) is 13.5 Å². The number of carbonyl (C=O) groups is 1. The topological polar surface area (TPSA) is 81.9 Å². The predicted molar refractivity (Wildman–Crippen MR) is 140 cm³/mol. The van der Waals surface area contributed by atoms with Crippen molar-refractivity contribution in [1.82, 2.24) is 25.3 Å². The summed E-state index contributed by atoms with van der Waals surface area (Å²) in [6.07, 6.45) is 5.25. The van der Waals surface area contributed by atoms with Crippen LogP contribution < -0.4 is 10.1 Å². The summed E-state index contributed by atoms with van der Waals surface area (Å²) in [6.45, 7) is 5.86. The van der Waals surface area contributed by atoms with Gasteiger partial charge in [0.05, 0.1) is 17.3 Å². The first-order valence-corrected chi connectivity index (χ1v) is 13.2. The number of fused-ring (bicyclic) bond motifs is 2. The minimum atomic E-state index is -1.70. The highest BCUT2D eigenvalue weighted by atomic mass is 19.2. The molecule has 0 saturated carbocycles. The highest BCUT2D eigenvalue weighted by molar-refractivity contribution is 5.84. The number of ether oxygens (including phenoxy) is 1. The molecule has 4 aromatic rings. The van der Waals surface area contributed by atoms with Gasteiger partial charge in [0.1, 0.15) is 18.3 Å². The van der Waals surface area contributed by atoms with Crippen LogP contribution in [0.3, 0.4) is 0 Å². The zero-order valence-corrected chi connectivity index (χ0v) is 22.3. The molecule has 1 N–H and O–H groups in total. The number of nitrogens with zero attached hydrogens (tertiary/aromatic N) is 4. The van der Waals surface area contributed by atoms with E-state index >= 15 is 0 Å². The number of hydrogen-bond donors (Lipinski definition) is 1. The number of Topliss-reactive ketones (excluding diaryl/α,β-unsaturated/α-hetero) is 1. The molecular formula is C29H29F4N5O2. The molecule has 1 unspecified atom stereocenters. The normalized spacial score (nSPS) is 19.4. The zero-order valence-electron chi connectivity index (χ0n) is 22.3. The summed E-state index contributed by atoms with van der Waals surface area (Å²) in [5.41, 5.74) is 3.21. The molecule has 40 heavy (non-hydrogen) atoms. The highest BCUT2D eigenvalue weighted by Crippen LogP contribution is 2.42. The minimum absolute atomic E-state index is 0.0187. The van der Waals surface area contributed by atoms with E-state index in [9.17, 15) is 22.4 Å². The van der Waals surface area contributed by atoms with Gasteiger partial charge in [-0.1, -0.05) is 38.0 Å². The maximum absolute atomic E-state index is 14.0. The predicted octanol–water partition coefficient (Wildman–Crippen LogP) is 5.88. The van der Waals surface area contributed by atoms with E-state index in [0.29, 0.717) is 25.1 Å². The molecule has 0 amide bonds. The number of nitrogens with one attached hydrogen (secondary N) is 1. The molecule has 210 valence electrons. The summed E-state index contributed by atoms with van der Waals surface area (Å²) in [5, 5.41) is 13.3. The molecule has 7 nitrogen and oxygen atoms in total. The Morgan fingerprint density at radius 3 is 2.67 bits per heavy atom. The number of hydrogen-bond acceptors (Lipinski definition) is 6. The Bertz CT molecular complexity index is 1550. The lowest BCUT2D eigenvalue weighted by Gasteiger charge is -2.40. The minimum Gasteiger partial charge on any atom is -0.479 e. The van der Waals surface area contributed by atoms with Crippen LogP contribution in [0.4, 0.5) is 17.6 Å². The molecule has 1 aliphatic heterocycles. The van der Waals surface area contributed by atoms with Crippen molar-refractivity contribution in [2.75, 3.05) is 6.61 Å². The van der Waals surface area contributed by atoms with Crippen LogP contribution in [0.1, 0.15) is 68.8 Å². The maximum Gasteiger partial charge on any atom is 0.203 e. The van der Waals surface area contributed by atoms with Gasteiger partial charge in [-0.2, -0.15) is 8.78 Å². The highest BCUT2D eigenvalue weighted by Gasteiger charge is 2.41. The van der Waals surface area contributed by atoms with E-state index in [1.54, 1.807) is 12.4 Å². The smallest absolute Gasteiger partial charge is 0.203 e. The van der Waals surface area contributed by atoms with Crippen LogP contribution in [0.25, 0.3) is 10.9 Å². The number of unbranched alkanes of at least 4 members (excludes halogenated alkanes) is 1.